The van der Waals surface area contributed by atoms with E-state index in [0.717, 1.165) is 22.7 Å². The molecule has 0 aliphatic carbocycles. The molecular weight excluding hydrogens is 282 g/mol. The molecule has 2 rings (SSSR count). The van der Waals surface area contributed by atoms with Gasteiger partial charge in [0.25, 0.3) is 10.0 Å². The zero-order valence-electron chi connectivity index (χ0n) is 8.28. The highest BCUT2D eigenvalue weighted by Gasteiger charge is 2.17. The highest BCUT2D eigenvalue weighted by Crippen LogP contribution is 2.26. The molecule has 0 saturated heterocycles. The van der Waals surface area contributed by atoms with Crippen LogP contribution in [0.25, 0.3) is 0 Å². The number of thiophene rings is 2. The molecule has 90 valence electrons. The van der Waals surface area contributed by atoms with Crippen molar-refractivity contribution >= 4 is 43.7 Å². The van der Waals surface area contributed by atoms with Gasteiger partial charge in [-0.3, -0.25) is 4.72 Å². The van der Waals surface area contributed by atoms with Crippen LogP contribution < -0.4 is 4.72 Å². The average molecular weight is 289 g/mol. The summed E-state index contributed by atoms with van der Waals surface area (Å²) in [6, 6.07) is 5.91. The van der Waals surface area contributed by atoms with E-state index in [-0.39, 0.29) is 14.1 Å². The first kappa shape index (κ1) is 12.1. The molecular formula is C9H7NO4S3. The second kappa shape index (κ2) is 4.47. The third kappa shape index (κ3) is 2.65. The molecule has 0 atom stereocenters. The Balaban J connectivity index is 2.24. The van der Waals surface area contributed by atoms with Crippen LogP contribution in [0.2, 0.25) is 0 Å². The minimum Gasteiger partial charge on any atom is -0.477 e. The van der Waals surface area contributed by atoms with Gasteiger partial charge in [-0.15, -0.1) is 22.7 Å². The molecule has 0 aliphatic heterocycles. The van der Waals surface area contributed by atoms with E-state index in [4.69, 9.17) is 5.11 Å². The van der Waals surface area contributed by atoms with E-state index >= 15 is 0 Å². The van der Waals surface area contributed by atoms with E-state index in [2.05, 4.69) is 4.72 Å². The lowest BCUT2D eigenvalue weighted by molar-refractivity contribution is 0.0702. The summed E-state index contributed by atoms with van der Waals surface area (Å²) in [5, 5.41) is 10.7. The molecule has 0 radical (unpaired) electrons. The van der Waals surface area contributed by atoms with Gasteiger partial charge in [-0.25, -0.2) is 13.2 Å². The lowest BCUT2D eigenvalue weighted by Crippen LogP contribution is -2.10. The van der Waals surface area contributed by atoms with Crippen molar-refractivity contribution in [3.05, 3.63) is 34.5 Å². The predicted octanol–water partition coefficient (Wildman–Crippen LogP) is 2.31. The fourth-order valence-electron chi connectivity index (χ4n) is 1.11. The van der Waals surface area contributed by atoms with E-state index in [1.807, 2.05) is 0 Å². The van der Waals surface area contributed by atoms with E-state index in [9.17, 15) is 13.2 Å². The molecule has 0 unspecified atom stereocenters. The Bertz CT molecular complexity index is 627. The first-order valence-corrected chi connectivity index (χ1v) is 7.56. The predicted molar refractivity (Wildman–Crippen MR) is 66.4 cm³/mol. The molecule has 2 heterocycles. The zero-order valence-corrected chi connectivity index (χ0v) is 10.7. The number of sulfonamides is 1. The highest BCUT2D eigenvalue weighted by molar-refractivity contribution is 7.94. The van der Waals surface area contributed by atoms with E-state index in [0.29, 0.717) is 0 Å². The molecule has 0 spiro atoms. The Morgan fingerprint density at radius 2 is 2.06 bits per heavy atom. The standard InChI is InChI=1S/C9H7NO4S3/c11-9(12)6-3-4-7(16-6)10-17(13,14)8-2-1-5-15-8/h1-5,10H,(H,11,12). The fourth-order valence-corrected chi connectivity index (χ4v) is 4.14. The number of anilines is 1. The minimum absolute atomic E-state index is 0.0916. The van der Waals surface area contributed by atoms with Crippen LogP contribution in [0.4, 0.5) is 5.00 Å². The quantitative estimate of drug-likeness (QED) is 0.904. The maximum atomic E-state index is 11.8. The Morgan fingerprint density at radius 3 is 2.59 bits per heavy atom. The monoisotopic (exact) mass is 289 g/mol. The molecule has 0 bridgehead atoms. The minimum atomic E-state index is -3.60. The van der Waals surface area contributed by atoms with Gasteiger partial charge in [0.05, 0.1) is 0 Å². The average Bonchev–Trinajstić information content (AvgIpc) is 2.85. The van der Waals surface area contributed by atoms with Crippen molar-refractivity contribution in [2.75, 3.05) is 4.72 Å². The third-order valence-corrected chi connectivity index (χ3v) is 5.69. The van der Waals surface area contributed by atoms with Gasteiger partial charge in [-0.05, 0) is 23.6 Å². The fraction of sp³-hybridized carbons (Fsp3) is 0. The van der Waals surface area contributed by atoms with Crippen LogP contribution in [0.15, 0.2) is 33.9 Å². The molecule has 2 aromatic heterocycles. The summed E-state index contributed by atoms with van der Waals surface area (Å²) in [5.41, 5.74) is 0. The van der Waals surface area contributed by atoms with Crippen LogP contribution in [-0.2, 0) is 10.0 Å². The van der Waals surface area contributed by atoms with Crippen molar-refractivity contribution in [2.24, 2.45) is 0 Å². The largest absolute Gasteiger partial charge is 0.477 e. The molecule has 0 amide bonds. The van der Waals surface area contributed by atoms with Crippen molar-refractivity contribution in [1.29, 1.82) is 0 Å². The van der Waals surface area contributed by atoms with Gasteiger partial charge >= 0.3 is 5.97 Å². The van der Waals surface area contributed by atoms with Crippen molar-refractivity contribution in [1.82, 2.24) is 0 Å². The topological polar surface area (TPSA) is 83.5 Å². The third-order valence-electron chi connectivity index (χ3n) is 1.81. The number of nitrogens with one attached hydrogen (secondary N) is 1. The Morgan fingerprint density at radius 1 is 1.29 bits per heavy atom. The molecule has 17 heavy (non-hydrogen) atoms. The lowest BCUT2D eigenvalue weighted by atomic mass is 10.5. The van der Waals surface area contributed by atoms with Gasteiger partial charge in [-0.2, -0.15) is 0 Å². The number of carboxylic acid groups (broad SMARTS) is 1. The second-order valence-electron chi connectivity index (χ2n) is 3.01. The first-order valence-electron chi connectivity index (χ1n) is 4.38. The summed E-state index contributed by atoms with van der Waals surface area (Å²) in [4.78, 5) is 10.7. The molecule has 0 aliphatic rings. The summed E-state index contributed by atoms with van der Waals surface area (Å²) < 4.78 is 26.1. The number of carboxylic acids is 1. The lowest BCUT2D eigenvalue weighted by Gasteiger charge is -2.02. The van der Waals surface area contributed by atoms with E-state index in [1.165, 1.54) is 18.2 Å². The maximum absolute atomic E-state index is 11.8. The highest BCUT2D eigenvalue weighted by atomic mass is 32.2. The van der Waals surface area contributed by atoms with Crippen molar-refractivity contribution in [3.8, 4) is 0 Å². The normalized spacial score (nSPS) is 11.3. The van der Waals surface area contributed by atoms with Gasteiger partial charge in [0.1, 0.15) is 14.1 Å². The summed E-state index contributed by atoms with van der Waals surface area (Å²) in [5.74, 6) is -1.07. The Labute approximate surface area is 105 Å². The molecule has 0 fully saturated rings. The van der Waals surface area contributed by atoms with Crippen molar-refractivity contribution in [2.45, 2.75) is 4.21 Å². The number of hydrogen-bond acceptors (Lipinski definition) is 5. The molecule has 5 nitrogen and oxygen atoms in total. The van der Waals surface area contributed by atoms with Gasteiger partial charge < -0.3 is 5.11 Å². The van der Waals surface area contributed by atoms with Gasteiger partial charge in [-0.1, -0.05) is 6.07 Å². The summed E-state index contributed by atoms with van der Waals surface area (Å²) in [6.07, 6.45) is 0. The SMILES string of the molecule is O=C(O)c1ccc(NS(=O)(=O)c2cccs2)s1. The maximum Gasteiger partial charge on any atom is 0.345 e. The van der Waals surface area contributed by atoms with Gasteiger partial charge in [0.2, 0.25) is 0 Å². The van der Waals surface area contributed by atoms with Crippen LogP contribution in [0.5, 0.6) is 0 Å². The number of carbonyl (C=O) groups is 1. The van der Waals surface area contributed by atoms with Crippen LogP contribution >= 0.6 is 22.7 Å². The number of hydrogen-bond donors (Lipinski definition) is 2. The molecule has 2 N–H and O–H groups in total. The van der Waals surface area contributed by atoms with Crippen molar-refractivity contribution in [3.63, 3.8) is 0 Å². The Hall–Kier alpha value is -1.38. The first-order chi connectivity index (χ1) is 7.99. The second-order valence-corrected chi connectivity index (χ2v) is 6.95. The van der Waals surface area contributed by atoms with Crippen LogP contribution in [0.1, 0.15) is 9.67 Å². The molecule has 0 saturated carbocycles. The summed E-state index contributed by atoms with van der Waals surface area (Å²) >= 11 is 1.98. The summed E-state index contributed by atoms with van der Waals surface area (Å²) in [6.45, 7) is 0. The Kier molecular flexibility index (Phi) is 3.18. The summed E-state index contributed by atoms with van der Waals surface area (Å²) in [7, 11) is -3.60. The number of aromatic carboxylic acids is 1. The molecule has 0 aromatic carbocycles. The molecule has 8 heteroatoms. The van der Waals surface area contributed by atoms with Crippen LogP contribution in [-0.4, -0.2) is 19.5 Å². The smallest absolute Gasteiger partial charge is 0.345 e. The number of rotatable bonds is 4. The van der Waals surface area contributed by atoms with Crippen LogP contribution in [0.3, 0.4) is 0 Å². The van der Waals surface area contributed by atoms with Crippen LogP contribution in [0, 0.1) is 0 Å². The van der Waals surface area contributed by atoms with Gasteiger partial charge in [0, 0.05) is 0 Å². The van der Waals surface area contributed by atoms with Crippen molar-refractivity contribution < 1.29 is 18.3 Å². The molecule has 2 aromatic rings. The van der Waals surface area contributed by atoms with E-state index < -0.39 is 16.0 Å². The van der Waals surface area contributed by atoms with Gasteiger partial charge in [0.15, 0.2) is 0 Å². The zero-order chi connectivity index (χ0) is 12.5. The van der Waals surface area contributed by atoms with E-state index in [1.54, 1.807) is 11.4 Å².